The van der Waals surface area contributed by atoms with Crippen LogP contribution in [0.15, 0.2) is 76.7 Å². The van der Waals surface area contributed by atoms with Crippen LogP contribution in [0.25, 0.3) is 15.8 Å². The number of hydrogen-bond acceptors (Lipinski definition) is 5. The lowest BCUT2D eigenvalue weighted by Gasteiger charge is -2.28. The molecule has 0 saturated heterocycles. The van der Waals surface area contributed by atoms with E-state index in [4.69, 9.17) is 0 Å². The van der Waals surface area contributed by atoms with Gasteiger partial charge >= 0.3 is 0 Å². The highest BCUT2D eigenvalue weighted by Crippen LogP contribution is 2.48. The first kappa shape index (κ1) is 18.8. The minimum Gasteiger partial charge on any atom is -0.506 e. The molecule has 5 heteroatoms. The van der Waals surface area contributed by atoms with Crippen LogP contribution in [0.5, 0.6) is 0 Å². The summed E-state index contributed by atoms with van der Waals surface area (Å²) in [6, 6.07) is 16.0. The van der Waals surface area contributed by atoms with Crippen LogP contribution in [0.4, 0.5) is 5.69 Å². The third kappa shape index (κ3) is 2.52. The maximum Gasteiger partial charge on any atom is 0.201 e. The molecule has 0 amide bonds. The van der Waals surface area contributed by atoms with Crippen molar-refractivity contribution in [1.29, 1.82) is 0 Å². The van der Waals surface area contributed by atoms with E-state index in [2.05, 4.69) is 30.2 Å². The van der Waals surface area contributed by atoms with Gasteiger partial charge in [-0.2, -0.15) is 0 Å². The van der Waals surface area contributed by atoms with Gasteiger partial charge in [0, 0.05) is 16.8 Å². The quantitative estimate of drug-likeness (QED) is 0.494. The number of nitrogens with one attached hydrogen (secondary N) is 1. The molecule has 1 aromatic heterocycles. The van der Waals surface area contributed by atoms with Crippen molar-refractivity contribution in [1.82, 2.24) is 4.98 Å². The molecule has 2 N–H and O–H groups in total. The third-order valence-electron chi connectivity index (χ3n) is 6.15. The van der Waals surface area contributed by atoms with E-state index in [9.17, 15) is 9.90 Å². The molecule has 0 unspecified atom stereocenters. The second-order valence-electron chi connectivity index (χ2n) is 8.34. The van der Waals surface area contributed by atoms with E-state index in [0.29, 0.717) is 11.1 Å². The molecule has 150 valence electrons. The summed E-state index contributed by atoms with van der Waals surface area (Å²) >= 11 is 1.53. The van der Waals surface area contributed by atoms with Crippen molar-refractivity contribution in [2.45, 2.75) is 33.1 Å². The number of aliphatic hydroxyl groups excluding tert-OH is 1. The zero-order valence-corrected chi connectivity index (χ0v) is 18.1. The van der Waals surface area contributed by atoms with Gasteiger partial charge < -0.3 is 10.4 Å². The Morgan fingerprint density at radius 2 is 1.73 bits per heavy atom. The largest absolute Gasteiger partial charge is 0.506 e. The summed E-state index contributed by atoms with van der Waals surface area (Å²) in [5.41, 5.74) is 6.11. The summed E-state index contributed by atoms with van der Waals surface area (Å²) in [7, 11) is 0. The average molecular weight is 415 g/mol. The van der Waals surface area contributed by atoms with E-state index in [0.717, 1.165) is 37.8 Å². The summed E-state index contributed by atoms with van der Waals surface area (Å²) in [5.74, 6) is -0.0573. The molecule has 0 spiro atoms. The Hall–Kier alpha value is -3.18. The first-order valence-electron chi connectivity index (χ1n) is 9.94. The van der Waals surface area contributed by atoms with Crippen molar-refractivity contribution < 1.29 is 9.90 Å². The predicted molar refractivity (Wildman–Crippen MR) is 123 cm³/mol. The Morgan fingerprint density at radius 1 is 1.03 bits per heavy atom. The molecule has 0 saturated carbocycles. The fourth-order valence-electron chi connectivity index (χ4n) is 4.49. The van der Waals surface area contributed by atoms with Gasteiger partial charge in [-0.3, -0.25) is 4.79 Å². The number of hydrogen-bond donors (Lipinski definition) is 2. The van der Waals surface area contributed by atoms with Crippen LogP contribution in [0, 0.1) is 0 Å². The van der Waals surface area contributed by atoms with Crippen molar-refractivity contribution in [3.8, 4) is 0 Å². The molecule has 1 aliphatic heterocycles. The minimum absolute atomic E-state index is 0.0651. The Labute approximate surface area is 179 Å². The molecule has 3 aromatic rings. The van der Waals surface area contributed by atoms with E-state index < -0.39 is 0 Å². The van der Waals surface area contributed by atoms with Crippen molar-refractivity contribution >= 4 is 38.6 Å². The van der Waals surface area contributed by atoms with Crippen molar-refractivity contribution in [2.75, 3.05) is 5.32 Å². The number of anilines is 1. The molecule has 0 atom stereocenters. The SMILES string of the molecule is C/C(C1=C(O)/C(=C(/C)c2nc3ccccc3s2)C1=O)=C1\Nc2ccccc2C1(C)C. The zero-order chi connectivity index (χ0) is 21.2. The maximum absolute atomic E-state index is 13.1. The summed E-state index contributed by atoms with van der Waals surface area (Å²) in [4.78, 5) is 17.8. The van der Waals surface area contributed by atoms with Crippen LogP contribution in [0.3, 0.4) is 0 Å². The number of fused-ring (bicyclic) bond motifs is 2. The fraction of sp³-hybridized carbons (Fsp3) is 0.200. The number of allylic oxidation sites excluding steroid dienone is 5. The lowest BCUT2D eigenvalue weighted by molar-refractivity contribution is -0.113. The van der Waals surface area contributed by atoms with Crippen LogP contribution in [-0.2, 0) is 10.2 Å². The standard InChI is InChI=1S/C25H22N2O2S/c1-13(23-25(3,4)15-9-5-6-10-16(15)26-23)19-21(28)20(22(19)29)14(2)24-27-17-11-7-8-12-18(17)30-24/h5-12,26,28H,1-4H3/b20-14+,23-13+. The Kier molecular flexibility index (Phi) is 4.02. The van der Waals surface area contributed by atoms with Crippen molar-refractivity contribution in [2.24, 2.45) is 0 Å². The molecule has 0 bridgehead atoms. The molecule has 5 rings (SSSR count). The highest BCUT2D eigenvalue weighted by atomic mass is 32.1. The van der Waals surface area contributed by atoms with E-state index in [-0.39, 0.29) is 17.0 Å². The first-order chi connectivity index (χ1) is 14.3. The number of aromatic nitrogens is 1. The number of carbonyl (C=O) groups is 1. The van der Waals surface area contributed by atoms with Gasteiger partial charge in [-0.1, -0.05) is 44.2 Å². The third-order valence-corrected chi connectivity index (χ3v) is 7.31. The van der Waals surface area contributed by atoms with E-state index in [1.165, 1.54) is 16.9 Å². The van der Waals surface area contributed by atoms with Gasteiger partial charge in [-0.15, -0.1) is 11.3 Å². The average Bonchev–Trinajstić information content (AvgIpc) is 3.27. The first-order valence-corrected chi connectivity index (χ1v) is 10.8. The number of thiazole rings is 1. The van der Waals surface area contributed by atoms with E-state index >= 15 is 0 Å². The van der Waals surface area contributed by atoms with Gasteiger partial charge in [-0.25, -0.2) is 4.98 Å². The molecule has 2 aromatic carbocycles. The van der Waals surface area contributed by atoms with Crippen LogP contribution in [0.2, 0.25) is 0 Å². The Bertz CT molecular complexity index is 1300. The second kappa shape index (κ2) is 6.41. The van der Waals surface area contributed by atoms with Crippen molar-refractivity contribution in [3.63, 3.8) is 0 Å². The molecule has 0 radical (unpaired) electrons. The topological polar surface area (TPSA) is 62.2 Å². The molecule has 2 aliphatic rings. The lowest BCUT2D eigenvalue weighted by atomic mass is 9.76. The predicted octanol–water partition coefficient (Wildman–Crippen LogP) is 6.14. The molecule has 1 aliphatic carbocycles. The van der Waals surface area contributed by atoms with Gasteiger partial charge in [0.25, 0.3) is 0 Å². The number of Topliss-reactive ketones (excluding diaryl/α,β-unsaturated/α-hetero) is 1. The number of nitrogens with zero attached hydrogens (tertiary/aromatic N) is 1. The molecular weight excluding hydrogens is 392 g/mol. The Morgan fingerprint density at radius 3 is 2.43 bits per heavy atom. The monoisotopic (exact) mass is 414 g/mol. The summed E-state index contributed by atoms with van der Waals surface area (Å²) in [6.07, 6.45) is 0. The molecular formula is C25H22N2O2S. The van der Waals surface area contributed by atoms with E-state index in [1.807, 2.05) is 56.3 Å². The Balaban J connectivity index is 1.59. The molecule has 0 fully saturated rings. The number of para-hydroxylation sites is 2. The number of benzene rings is 2. The van der Waals surface area contributed by atoms with E-state index in [1.54, 1.807) is 0 Å². The highest BCUT2D eigenvalue weighted by molar-refractivity contribution is 7.19. The summed E-state index contributed by atoms with van der Waals surface area (Å²) < 4.78 is 1.07. The second-order valence-corrected chi connectivity index (χ2v) is 9.37. The normalized spacial score (nSPS) is 20.7. The van der Waals surface area contributed by atoms with Crippen LogP contribution >= 0.6 is 11.3 Å². The number of rotatable bonds is 2. The molecule has 2 heterocycles. The van der Waals surface area contributed by atoms with Crippen LogP contribution < -0.4 is 5.32 Å². The molecule has 4 nitrogen and oxygen atoms in total. The highest BCUT2D eigenvalue weighted by Gasteiger charge is 2.42. The number of carbonyl (C=O) groups excluding carboxylic acids is 1. The van der Waals surface area contributed by atoms with Gasteiger partial charge in [0.1, 0.15) is 10.8 Å². The lowest BCUT2D eigenvalue weighted by Crippen LogP contribution is -2.28. The van der Waals surface area contributed by atoms with Gasteiger partial charge in [0.05, 0.1) is 21.4 Å². The zero-order valence-electron chi connectivity index (χ0n) is 17.3. The van der Waals surface area contributed by atoms with Gasteiger partial charge in [-0.05, 0) is 48.8 Å². The summed E-state index contributed by atoms with van der Waals surface area (Å²) in [6.45, 7) is 8.03. The van der Waals surface area contributed by atoms with Crippen molar-refractivity contribution in [3.05, 3.63) is 87.3 Å². The molecule has 30 heavy (non-hydrogen) atoms. The van der Waals surface area contributed by atoms with Crippen LogP contribution in [0.1, 0.15) is 38.3 Å². The smallest absolute Gasteiger partial charge is 0.201 e. The van der Waals surface area contributed by atoms with Crippen LogP contribution in [-0.4, -0.2) is 15.9 Å². The minimum atomic E-state index is -0.268. The number of ketones is 1. The van der Waals surface area contributed by atoms with Gasteiger partial charge in [0.15, 0.2) is 0 Å². The maximum atomic E-state index is 13.1. The number of aliphatic hydroxyl groups is 1. The fourth-order valence-corrected chi connectivity index (χ4v) is 5.46. The van der Waals surface area contributed by atoms with Gasteiger partial charge in [0.2, 0.25) is 5.78 Å². The summed E-state index contributed by atoms with van der Waals surface area (Å²) in [5, 5.41) is 15.1.